The van der Waals surface area contributed by atoms with Crippen LogP contribution in [-0.2, 0) is 4.74 Å². The Kier molecular flexibility index (Phi) is 4.60. The summed E-state index contributed by atoms with van der Waals surface area (Å²) in [7, 11) is 0. The second-order valence-corrected chi connectivity index (χ2v) is 5.37. The van der Waals surface area contributed by atoms with Gasteiger partial charge >= 0.3 is 0 Å². The number of rotatable bonds is 5. The summed E-state index contributed by atoms with van der Waals surface area (Å²) in [6.45, 7) is 3.77. The van der Waals surface area contributed by atoms with Gasteiger partial charge in [0.25, 0.3) is 0 Å². The molecule has 18 heavy (non-hydrogen) atoms. The number of alkyl halides is 2. The van der Waals surface area contributed by atoms with Gasteiger partial charge < -0.3 is 10.1 Å². The van der Waals surface area contributed by atoms with Gasteiger partial charge in [0, 0.05) is 19.3 Å². The third-order valence-corrected chi connectivity index (χ3v) is 3.89. The average Bonchev–Trinajstić information content (AvgIpc) is 2.85. The topological polar surface area (TPSA) is 21.3 Å². The van der Waals surface area contributed by atoms with Gasteiger partial charge in [-0.15, -0.1) is 0 Å². The van der Waals surface area contributed by atoms with E-state index in [-0.39, 0.29) is 18.9 Å². The van der Waals surface area contributed by atoms with E-state index in [1.807, 2.05) is 0 Å². The first-order valence-electron chi connectivity index (χ1n) is 7.06. The van der Waals surface area contributed by atoms with Crippen LogP contribution in [0.2, 0.25) is 0 Å². The van der Waals surface area contributed by atoms with E-state index in [0.717, 1.165) is 31.8 Å². The molecule has 2 rings (SSSR count). The molecule has 1 saturated carbocycles. The van der Waals surface area contributed by atoms with E-state index in [1.54, 1.807) is 0 Å². The standard InChI is InChI=1S/C14H23F2NO/c1-2-9-17-13(12-4-3-10-18-12)11-5-7-14(15,16)8-6-11/h4,11,13,17H,2-3,5-10H2,1H3. The molecule has 1 atom stereocenters. The summed E-state index contributed by atoms with van der Waals surface area (Å²) in [5.41, 5.74) is 0. The number of nitrogens with one attached hydrogen (secondary N) is 1. The Bertz CT molecular complexity index is 294. The van der Waals surface area contributed by atoms with Crippen molar-refractivity contribution in [3.8, 4) is 0 Å². The number of hydrogen-bond acceptors (Lipinski definition) is 2. The van der Waals surface area contributed by atoms with E-state index in [2.05, 4.69) is 18.3 Å². The van der Waals surface area contributed by atoms with Gasteiger partial charge in [0.15, 0.2) is 0 Å². The molecule has 0 aromatic rings. The van der Waals surface area contributed by atoms with Crippen LogP contribution in [0, 0.1) is 5.92 Å². The van der Waals surface area contributed by atoms with Crippen LogP contribution in [0.25, 0.3) is 0 Å². The molecule has 1 aliphatic carbocycles. The Labute approximate surface area is 108 Å². The fourth-order valence-corrected chi connectivity index (χ4v) is 2.85. The van der Waals surface area contributed by atoms with Crippen molar-refractivity contribution in [2.45, 2.75) is 57.4 Å². The molecule has 0 saturated heterocycles. The van der Waals surface area contributed by atoms with Crippen molar-refractivity contribution < 1.29 is 13.5 Å². The zero-order chi connectivity index (χ0) is 13.0. The Morgan fingerprint density at radius 3 is 2.72 bits per heavy atom. The summed E-state index contributed by atoms with van der Waals surface area (Å²) in [5, 5.41) is 3.47. The molecule has 1 aliphatic heterocycles. The maximum absolute atomic E-state index is 13.2. The summed E-state index contributed by atoms with van der Waals surface area (Å²) in [5.74, 6) is -1.17. The maximum atomic E-state index is 13.2. The molecule has 0 amide bonds. The van der Waals surface area contributed by atoms with Crippen LogP contribution >= 0.6 is 0 Å². The summed E-state index contributed by atoms with van der Waals surface area (Å²) in [4.78, 5) is 0. The van der Waals surface area contributed by atoms with Crippen molar-refractivity contribution in [1.29, 1.82) is 0 Å². The molecule has 0 spiro atoms. The highest BCUT2D eigenvalue weighted by Gasteiger charge is 2.39. The molecule has 1 fully saturated rings. The van der Waals surface area contributed by atoms with E-state index in [4.69, 9.17) is 4.74 Å². The SMILES string of the molecule is CCCNC(C1=CCCO1)C1CCC(F)(F)CC1. The fourth-order valence-electron chi connectivity index (χ4n) is 2.85. The number of ether oxygens (including phenoxy) is 1. The van der Waals surface area contributed by atoms with E-state index < -0.39 is 5.92 Å². The number of hydrogen-bond donors (Lipinski definition) is 1. The molecule has 1 heterocycles. The highest BCUT2D eigenvalue weighted by atomic mass is 19.3. The smallest absolute Gasteiger partial charge is 0.248 e. The van der Waals surface area contributed by atoms with Gasteiger partial charge in [0.2, 0.25) is 5.92 Å². The summed E-state index contributed by atoms with van der Waals surface area (Å²) in [6.07, 6.45) is 5.34. The summed E-state index contributed by atoms with van der Waals surface area (Å²) >= 11 is 0. The van der Waals surface area contributed by atoms with Crippen LogP contribution in [0.4, 0.5) is 8.78 Å². The monoisotopic (exact) mass is 259 g/mol. The summed E-state index contributed by atoms with van der Waals surface area (Å²) in [6, 6.07) is 0.142. The van der Waals surface area contributed by atoms with Crippen LogP contribution in [0.3, 0.4) is 0 Å². The van der Waals surface area contributed by atoms with Crippen molar-refractivity contribution in [2.24, 2.45) is 5.92 Å². The minimum Gasteiger partial charge on any atom is -0.496 e. The predicted molar refractivity (Wildman–Crippen MR) is 67.6 cm³/mol. The molecule has 4 heteroatoms. The minimum atomic E-state index is -2.45. The molecule has 2 aliphatic rings. The quantitative estimate of drug-likeness (QED) is 0.816. The van der Waals surface area contributed by atoms with Crippen molar-refractivity contribution in [3.63, 3.8) is 0 Å². The van der Waals surface area contributed by atoms with Gasteiger partial charge in [-0.1, -0.05) is 6.92 Å². The fraction of sp³-hybridized carbons (Fsp3) is 0.857. The van der Waals surface area contributed by atoms with Gasteiger partial charge in [-0.05, 0) is 37.8 Å². The number of halogens is 2. The van der Waals surface area contributed by atoms with Crippen LogP contribution < -0.4 is 5.32 Å². The molecule has 104 valence electrons. The van der Waals surface area contributed by atoms with Gasteiger partial charge in [-0.3, -0.25) is 0 Å². The van der Waals surface area contributed by atoms with Crippen LogP contribution in [0.1, 0.15) is 45.4 Å². The van der Waals surface area contributed by atoms with Gasteiger partial charge in [0.05, 0.1) is 12.6 Å². The van der Waals surface area contributed by atoms with E-state index >= 15 is 0 Å². The normalized spacial score (nSPS) is 25.6. The van der Waals surface area contributed by atoms with Gasteiger partial charge in [0.1, 0.15) is 5.76 Å². The van der Waals surface area contributed by atoms with Crippen molar-refractivity contribution in [1.82, 2.24) is 5.32 Å². The van der Waals surface area contributed by atoms with Crippen molar-refractivity contribution in [2.75, 3.05) is 13.2 Å². The largest absolute Gasteiger partial charge is 0.496 e. The highest BCUT2D eigenvalue weighted by Crippen LogP contribution is 2.39. The second kappa shape index (κ2) is 6.00. The Morgan fingerprint density at radius 2 is 2.17 bits per heavy atom. The van der Waals surface area contributed by atoms with Crippen LogP contribution in [-0.4, -0.2) is 25.1 Å². The molecule has 0 bridgehead atoms. The first-order chi connectivity index (χ1) is 8.62. The van der Waals surface area contributed by atoms with Gasteiger partial charge in [-0.2, -0.15) is 0 Å². The van der Waals surface area contributed by atoms with Crippen LogP contribution in [0.5, 0.6) is 0 Å². The third kappa shape index (κ3) is 3.44. The zero-order valence-corrected chi connectivity index (χ0v) is 11.1. The van der Waals surface area contributed by atoms with E-state index in [9.17, 15) is 8.78 Å². The Morgan fingerprint density at radius 1 is 1.44 bits per heavy atom. The second-order valence-electron chi connectivity index (χ2n) is 5.37. The Balaban J connectivity index is 1.96. The van der Waals surface area contributed by atoms with Gasteiger partial charge in [-0.25, -0.2) is 8.78 Å². The average molecular weight is 259 g/mol. The maximum Gasteiger partial charge on any atom is 0.248 e. The molecule has 0 aromatic carbocycles. The minimum absolute atomic E-state index is 0.0231. The lowest BCUT2D eigenvalue weighted by Gasteiger charge is -2.34. The van der Waals surface area contributed by atoms with Crippen LogP contribution in [0.15, 0.2) is 11.8 Å². The third-order valence-electron chi connectivity index (χ3n) is 3.89. The molecular weight excluding hydrogens is 236 g/mol. The lowest BCUT2D eigenvalue weighted by atomic mass is 9.81. The van der Waals surface area contributed by atoms with Crippen molar-refractivity contribution in [3.05, 3.63) is 11.8 Å². The zero-order valence-electron chi connectivity index (χ0n) is 11.1. The molecule has 1 unspecified atom stereocenters. The molecule has 0 radical (unpaired) electrons. The lowest BCUT2D eigenvalue weighted by molar-refractivity contribution is -0.0499. The first kappa shape index (κ1) is 13.8. The molecular formula is C14H23F2NO. The molecule has 2 nitrogen and oxygen atoms in total. The molecule has 0 aromatic heterocycles. The van der Waals surface area contributed by atoms with Crippen molar-refractivity contribution >= 4 is 0 Å². The predicted octanol–water partition coefficient (Wildman–Crippen LogP) is 3.48. The summed E-state index contributed by atoms with van der Waals surface area (Å²) < 4.78 is 32.0. The first-order valence-corrected chi connectivity index (χ1v) is 7.06. The Hall–Kier alpha value is -0.640. The van der Waals surface area contributed by atoms with E-state index in [0.29, 0.717) is 18.8 Å². The molecule has 1 N–H and O–H groups in total. The van der Waals surface area contributed by atoms with E-state index in [1.165, 1.54) is 0 Å². The lowest BCUT2D eigenvalue weighted by Crippen LogP contribution is -2.41. The highest BCUT2D eigenvalue weighted by molar-refractivity contribution is 5.10.